The molecule has 0 bridgehead atoms. The zero-order valence-electron chi connectivity index (χ0n) is 5.27. The highest BCUT2D eigenvalue weighted by molar-refractivity contribution is 7.47. The molecule has 0 saturated carbocycles. The van der Waals surface area contributed by atoms with Crippen LogP contribution in [0.15, 0.2) is 0 Å². The Kier molecular flexibility index (Phi) is 4.80. The van der Waals surface area contributed by atoms with Crippen LogP contribution in [-0.4, -0.2) is 29.9 Å². The van der Waals surface area contributed by atoms with Crippen LogP contribution in [0.3, 0.4) is 0 Å². The Bertz CT molecular complexity index is 128. The van der Waals surface area contributed by atoms with Crippen molar-refractivity contribution in [2.75, 3.05) is 19.9 Å². The van der Waals surface area contributed by atoms with Crippen LogP contribution in [0.4, 0.5) is 0 Å². The quantitative estimate of drug-likeness (QED) is 0.363. The second-order valence-corrected chi connectivity index (χ2v) is 2.77. The standard InChI is InChI=1S/C3H10NO5P/c4-3-9-10(6,7)8-2-1-5/h5H,1-4H2,(H,6,7). The van der Waals surface area contributed by atoms with Gasteiger partial charge in [-0.3, -0.25) is 9.05 Å². The third-order valence-electron chi connectivity index (χ3n) is 0.583. The molecule has 0 radical (unpaired) electrons. The SMILES string of the molecule is NCOP(=O)(O)OCCO. The van der Waals surface area contributed by atoms with Crippen LogP contribution in [0, 0.1) is 0 Å². The van der Waals surface area contributed by atoms with E-state index in [9.17, 15) is 4.57 Å². The number of rotatable bonds is 5. The monoisotopic (exact) mass is 171 g/mol. The molecule has 0 aromatic heterocycles. The maximum absolute atomic E-state index is 10.5. The summed E-state index contributed by atoms with van der Waals surface area (Å²) in [7, 11) is -3.99. The molecule has 0 saturated heterocycles. The predicted molar refractivity (Wildman–Crippen MR) is 33.0 cm³/mol. The average molecular weight is 171 g/mol. The van der Waals surface area contributed by atoms with Gasteiger partial charge >= 0.3 is 7.82 Å². The van der Waals surface area contributed by atoms with Crippen molar-refractivity contribution in [2.24, 2.45) is 5.73 Å². The molecule has 4 N–H and O–H groups in total. The molecule has 1 atom stereocenters. The first kappa shape index (κ1) is 10.0. The minimum Gasteiger partial charge on any atom is -0.394 e. The minimum atomic E-state index is -3.99. The van der Waals surface area contributed by atoms with E-state index < -0.39 is 7.82 Å². The largest absolute Gasteiger partial charge is 0.473 e. The lowest BCUT2D eigenvalue weighted by Crippen LogP contribution is -2.06. The first-order chi connectivity index (χ1) is 4.62. The minimum absolute atomic E-state index is 0.242. The summed E-state index contributed by atoms with van der Waals surface area (Å²) in [5, 5.41) is 8.15. The number of hydrogen-bond acceptors (Lipinski definition) is 5. The Morgan fingerprint density at radius 1 is 1.50 bits per heavy atom. The highest BCUT2D eigenvalue weighted by Gasteiger charge is 2.18. The maximum atomic E-state index is 10.5. The first-order valence-corrected chi connectivity index (χ1v) is 4.04. The van der Waals surface area contributed by atoms with Gasteiger partial charge < -0.3 is 15.7 Å². The van der Waals surface area contributed by atoms with E-state index in [-0.39, 0.29) is 19.9 Å². The number of nitrogens with two attached hydrogens (primary N) is 1. The van der Waals surface area contributed by atoms with Crippen LogP contribution in [0.25, 0.3) is 0 Å². The topological polar surface area (TPSA) is 102 Å². The van der Waals surface area contributed by atoms with E-state index in [2.05, 4.69) is 9.05 Å². The molecule has 1 unspecified atom stereocenters. The Labute approximate surface area is 58.2 Å². The fraction of sp³-hybridized carbons (Fsp3) is 1.00. The number of phosphoric ester groups is 1. The van der Waals surface area contributed by atoms with Crippen molar-refractivity contribution in [3.8, 4) is 0 Å². The van der Waals surface area contributed by atoms with Crippen LogP contribution in [0.2, 0.25) is 0 Å². The maximum Gasteiger partial charge on any atom is 0.473 e. The van der Waals surface area contributed by atoms with E-state index in [1.165, 1.54) is 0 Å². The van der Waals surface area contributed by atoms with E-state index in [0.717, 1.165) is 0 Å². The second-order valence-electron chi connectivity index (χ2n) is 1.32. The summed E-state index contributed by atoms with van der Waals surface area (Å²) >= 11 is 0. The molecule has 0 aliphatic carbocycles. The van der Waals surface area contributed by atoms with Crippen LogP contribution >= 0.6 is 7.82 Å². The van der Waals surface area contributed by atoms with Gasteiger partial charge in [-0.15, -0.1) is 0 Å². The van der Waals surface area contributed by atoms with Crippen LogP contribution in [0.5, 0.6) is 0 Å². The van der Waals surface area contributed by atoms with Crippen molar-refractivity contribution in [2.45, 2.75) is 0 Å². The molecule has 6 nitrogen and oxygen atoms in total. The zero-order valence-corrected chi connectivity index (χ0v) is 6.16. The van der Waals surface area contributed by atoms with Crippen molar-refractivity contribution in [3.63, 3.8) is 0 Å². The lowest BCUT2D eigenvalue weighted by atomic mass is 10.8. The molecule has 0 aliphatic heterocycles. The van der Waals surface area contributed by atoms with Crippen molar-refractivity contribution in [1.29, 1.82) is 0 Å². The molecular weight excluding hydrogens is 161 g/mol. The van der Waals surface area contributed by atoms with Gasteiger partial charge in [-0.1, -0.05) is 0 Å². The van der Waals surface area contributed by atoms with Crippen LogP contribution in [0.1, 0.15) is 0 Å². The Balaban J connectivity index is 3.53. The molecule has 0 amide bonds. The molecule has 0 aromatic rings. The van der Waals surface area contributed by atoms with Gasteiger partial charge in [0.2, 0.25) is 0 Å². The van der Waals surface area contributed by atoms with Crippen molar-refractivity contribution in [3.05, 3.63) is 0 Å². The zero-order chi connectivity index (χ0) is 8.04. The van der Waals surface area contributed by atoms with E-state index in [4.69, 9.17) is 15.7 Å². The van der Waals surface area contributed by atoms with E-state index >= 15 is 0 Å². The molecule has 0 aliphatic rings. The highest BCUT2D eigenvalue weighted by Crippen LogP contribution is 2.41. The van der Waals surface area contributed by atoms with Gasteiger partial charge in [0.15, 0.2) is 0 Å². The fourth-order valence-electron chi connectivity index (χ4n) is 0.288. The highest BCUT2D eigenvalue weighted by atomic mass is 31.2. The molecule has 0 spiro atoms. The third kappa shape index (κ3) is 4.87. The van der Waals surface area contributed by atoms with Gasteiger partial charge in [-0.25, -0.2) is 4.57 Å². The summed E-state index contributed by atoms with van der Waals surface area (Å²) in [6, 6.07) is 0. The summed E-state index contributed by atoms with van der Waals surface area (Å²) in [6.45, 7) is -0.967. The summed E-state index contributed by atoms with van der Waals surface area (Å²) in [5.41, 5.74) is 4.79. The number of aliphatic hydroxyl groups excluding tert-OH is 1. The van der Waals surface area contributed by atoms with Gasteiger partial charge in [-0.05, 0) is 0 Å². The van der Waals surface area contributed by atoms with Gasteiger partial charge in [0.05, 0.1) is 13.2 Å². The predicted octanol–water partition coefficient (Wildman–Crippen LogP) is -0.972. The Morgan fingerprint density at radius 3 is 2.50 bits per heavy atom. The Hall–Kier alpha value is 0.0300. The van der Waals surface area contributed by atoms with Gasteiger partial charge in [0.25, 0.3) is 0 Å². The van der Waals surface area contributed by atoms with E-state index in [1.54, 1.807) is 0 Å². The van der Waals surface area contributed by atoms with E-state index in [1.807, 2.05) is 0 Å². The molecule has 62 valence electrons. The smallest absolute Gasteiger partial charge is 0.394 e. The van der Waals surface area contributed by atoms with E-state index in [0.29, 0.717) is 0 Å². The van der Waals surface area contributed by atoms with Gasteiger partial charge in [-0.2, -0.15) is 0 Å². The third-order valence-corrected chi connectivity index (χ3v) is 1.57. The normalized spacial score (nSPS) is 16.7. The molecule has 0 heterocycles. The summed E-state index contributed by atoms with van der Waals surface area (Å²) in [4.78, 5) is 8.57. The van der Waals surface area contributed by atoms with Crippen LogP contribution < -0.4 is 5.73 Å². The fourth-order valence-corrected chi connectivity index (χ4v) is 0.863. The summed E-state index contributed by atoms with van der Waals surface area (Å²) in [6.07, 6.45) is 0. The van der Waals surface area contributed by atoms with Crippen molar-refractivity contribution >= 4 is 7.82 Å². The van der Waals surface area contributed by atoms with Crippen LogP contribution in [-0.2, 0) is 13.6 Å². The molecule has 10 heavy (non-hydrogen) atoms. The summed E-state index contributed by atoms with van der Waals surface area (Å²) in [5.74, 6) is 0. The molecule has 0 fully saturated rings. The second kappa shape index (κ2) is 4.79. The lowest BCUT2D eigenvalue weighted by Gasteiger charge is -2.08. The number of aliphatic hydroxyl groups is 1. The lowest BCUT2D eigenvalue weighted by molar-refractivity contribution is 0.125. The Morgan fingerprint density at radius 2 is 2.10 bits per heavy atom. The first-order valence-electron chi connectivity index (χ1n) is 2.55. The number of hydrogen-bond donors (Lipinski definition) is 3. The molecule has 0 aromatic carbocycles. The summed E-state index contributed by atoms with van der Waals surface area (Å²) < 4.78 is 18.8. The van der Waals surface area contributed by atoms with Gasteiger partial charge in [0.1, 0.15) is 6.73 Å². The molecular formula is C3H10NO5P. The molecule has 0 rings (SSSR count). The average Bonchev–Trinajstić information content (AvgIpc) is 1.84. The van der Waals surface area contributed by atoms with Crippen molar-refractivity contribution < 1.29 is 23.6 Å². The van der Waals surface area contributed by atoms with Crippen molar-refractivity contribution in [1.82, 2.24) is 0 Å². The molecule has 7 heteroatoms. The number of phosphoric acid groups is 1. The van der Waals surface area contributed by atoms with Gasteiger partial charge in [0, 0.05) is 0 Å².